The third kappa shape index (κ3) is 10.6. The number of methoxy groups -OCH3 is 8. The van der Waals surface area contributed by atoms with Gasteiger partial charge in [0, 0.05) is 36.5 Å². The van der Waals surface area contributed by atoms with Gasteiger partial charge in [-0.05, 0) is 124 Å². The fourth-order valence-corrected chi connectivity index (χ4v) is 11.7. The molecule has 2 spiro atoms. The minimum Gasteiger partial charge on any atom is -0.493 e. The first-order chi connectivity index (χ1) is 35.0. The van der Waals surface area contributed by atoms with Gasteiger partial charge >= 0.3 is 0 Å². The van der Waals surface area contributed by atoms with Crippen LogP contribution in [0, 0.1) is 0 Å². The Hall–Kier alpha value is -5.60. The standard InChI is InChI=1S/C58H84N2O12/c1-13-59(14-2)25-21-57(22-26-59)41-33-45(61-5)53(46(34-41)62-6)69-29-17-19-31-71-55-49(65-9)37-43(38-50(55)66-10)58(23-27-60(15-3,16-4)28-24-58)44-39-51(67-11)56(52(40-44)68-12)72-32-20-18-30-70-54-47(63-7)35-42(57)36-48(54)64-8/h33-40H,13-32H2,1-12H3/q+2. The van der Waals surface area contributed by atoms with Crippen LogP contribution in [-0.2, 0) is 10.8 Å². The zero-order valence-electron chi connectivity index (χ0n) is 45.6. The molecule has 2 fully saturated rings. The van der Waals surface area contributed by atoms with Crippen molar-refractivity contribution in [3.05, 3.63) is 70.8 Å². The molecule has 9 aliphatic rings. The molecule has 14 heteroatoms. The van der Waals surface area contributed by atoms with Gasteiger partial charge in [-0.3, -0.25) is 0 Å². The van der Waals surface area contributed by atoms with Gasteiger partial charge in [-0.1, -0.05) is 0 Å². The summed E-state index contributed by atoms with van der Waals surface area (Å²) in [5.41, 5.74) is 3.48. The average molecular weight is 1000 g/mol. The van der Waals surface area contributed by atoms with Gasteiger partial charge < -0.3 is 65.8 Å². The third-order valence-corrected chi connectivity index (χ3v) is 16.9. The summed E-state index contributed by atoms with van der Waals surface area (Å²) in [5.74, 6) is 7.22. The van der Waals surface area contributed by atoms with Crippen LogP contribution in [0.15, 0.2) is 48.5 Å². The first-order valence-electron chi connectivity index (χ1n) is 26.3. The maximum atomic E-state index is 6.55. The second-order valence-corrected chi connectivity index (χ2v) is 19.7. The fourth-order valence-electron chi connectivity index (χ4n) is 11.7. The molecular formula is C58H84N2O12+2. The van der Waals surface area contributed by atoms with E-state index in [9.17, 15) is 0 Å². The molecule has 4 aromatic rings. The van der Waals surface area contributed by atoms with Crippen LogP contribution in [0.2, 0.25) is 0 Å². The highest BCUT2D eigenvalue weighted by molar-refractivity contribution is 5.63. The molecule has 4 aromatic carbocycles. The van der Waals surface area contributed by atoms with E-state index in [1.54, 1.807) is 56.9 Å². The number of quaternary nitrogens is 2. The van der Waals surface area contributed by atoms with E-state index < -0.39 is 10.8 Å². The molecule has 0 radical (unpaired) electrons. The molecule has 0 aromatic heterocycles. The number of ether oxygens (including phenoxy) is 12. The lowest BCUT2D eigenvalue weighted by Crippen LogP contribution is -2.56. The average Bonchev–Trinajstić information content (AvgIpc) is 3.43. The Kier molecular flexibility index (Phi) is 18.0. The molecule has 13 rings (SSSR count). The quantitative estimate of drug-likeness (QED) is 0.126. The highest BCUT2D eigenvalue weighted by Gasteiger charge is 2.47. The molecule has 14 nitrogen and oxygen atoms in total. The van der Waals surface area contributed by atoms with Gasteiger partial charge in [-0.2, -0.15) is 0 Å². The van der Waals surface area contributed by atoms with E-state index in [-0.39, 0.29) is 0 Å². The molecular weight excluding hydrogens is 917 g/mol. The van der Waals surface area contributed by atoms with Crippen molar-refractivity contribution in [1.29, 1.82) is 0 Å². The molecule has 0 aliphatic carbocycles. The molecule has 0 amide bonds. The molecule has 8 bridgehead atoms. The Morgan fingerprint density at radius 2 is 0.514 bits per heavy atom. The largest absolute Gasteiger partial charge is 0.493 e. The van der Waals surface area contributed by atoms with E-state index in [1.165, 1.54) is 0 Å². The van der Waals surface area contributed by atoms with Gasteiger partial charge in [0.2, 0.25) is 23.0 Å². The van der Waals surface area contributed by atoms with Crippen molar-refractivity contribution in [2.75, 3.05) is 136 Å². The molecule has 0 N–H and O–H groups in total. The maximum absolute atomic E-state index is 6.55. The number of piperidine rings is 2. The van der Waals surface area contributed by atoms with Gasteiger partial charge in [0.15, 0.2) is 46.0 Å². The number of hydrogen-bond acceptors (Lipinski definition) is 12. The summed E-state index contributed by atoms with van der Waals surface area (Å²) in [7, 11) is 13.5. The van der Waals surface area contributed by atoms with Crippen LogP contribution in [-0.4, -0.2) is 145 Å². The summed E-state index contributed by atoms with van der Waals surface area (Å²) >= 11 is 0. The number of benzene rings is 4. The molecule has 0 atom stereocenters. The normalized spacial score (nSPS) is 18.5. The zero-order valence-corrected chi connectivity index (χ0v) is 45.6. The van der Waals surface area contributed by atoms with Gasteiger partial charge in [-0.15, -0.1) is 0 Å². The van der Waals surface area contributed by atoms with E-state index in [2.05, 4.69) is 76.2 Å². The molecule has 9 aliphatic heterocycles. The second kappa shape index (κ2) is 24.0. The number of rotatable bonds is 12. The van der Waals surface area contributed by atoms with Crippen LogP contribution < -0.4 is 56.8 Å². The highest BCUT2D eigenvalue weighted by atomic mass is 16.6. The Bertz CT molecular complexity index is 2000. The lowest BCUT2D eigenvalue weighted by Gasteiger charge is -2.48. The van der Waals surface area contributed by atoms with Crippen molar-refractivity contribution in [3.63, 3.8) is 0 Å². The maximum Gasteiger partial charge on any atom is 0.203 e. The third-order valence-electron chi connectivity index (χ3n) is 16.9. The summed E-state index contributed by atoms with van der Waals surface area (Å²) < 4.78 is 77.3. The van der Waals surface area contributed by atoms with E-state index in [0.29, 0.717) is 121 Å². The molecule has 396 valence electrons. The summed E-state index contributed by atoms with van der Waals surface area (Å²) in [6.45, 7) is 19.2. The predicted octanol–water partition coefficient (Wildman–Crippen LogP) is 10.4. The van der Waals surface area contributed by atoms with E-state index >= 15 is 0 Å². The summed E-state index contributed by atoms with van der Waals surface area (Å²) in [4.78, 5) is 0. The summed E-state index contributed by atoms with van der Waals surface area (Å²) in [6, 6.07) is 17.0. The monoisotopic (exact) mass is 1000 g/mol. The first kappa shape index (κ1) is 54.2. The van der Waals surface area contributed by atoms with Crippen molar-refractivity contribution in [2.45, 2.75) is 89.9 Å². The minimum atomic E-state index is -0.424. The van der Waals surface area contributed by atoms with Crippen LogP contribution in [0.25, 0.3) is 0 Å². The lowest BCUT2D eigenvalue weighted by atomic mass is 9.67. The Morgan fingerprint density at radius 3 is 0.667 bits per heavy atom. The van der Waals surface area contributed by atoms with Crippen molar-refractivity contribution >= 4 is 0 Å². The topological polar surface area (TPSA) is 111 Å². The van der Waals surface area contributed by atoms with E-state index in [1.807, 2.05) is 0 Å². The smallest absolute Gasteiger partial charge is 0.203 e. The van der Waals surface area contributed by atoms with Crippen LogP contribution >= 0.6 is 0 Å². The van der Waals surface area contributed by atoms with Gasteiger partial charge in [0.1, 0.15) is 0 Å². The Morgan fingerprint density at radius 1 is 0.333 bits per heavy atom. The SMILES string of the molecule is CC[N+]1(CC)CCC2(CC1)c1cc(OC)c(c(OC)c1)OCCCCOc1c(OC)cc(cc1OC)C1(CC[N+](CC)(CC)CC1)c1cc(OC)c(c(OC)c1)OCCCCOc1c(OC)cc2cc1OC. The summed E-state index contributed by atoms with van der Waals surface area (Å²) in [6.07, 6.45) is 6.42. The second-order valence-electron chi connectivity index (χ2n) is 19.7. The van der Waals surface area contributed by atoms with Gasteiger partial charge in [-0.25, -0.2) is 0 Å². The van der Waals surface area contributed by atoms with Crippen molar-refractivity contribution in [3.8, 4) is 69.0 Å². The minimum absolute atomic E-state index is 0.422. The van der Waals surface area contributed by atoms with E-state index in [0.717, 1.165) is 109 Å². The molecule has 72 heavy (non-hydrogen) atoms. The highest BCUT2D eigenvalue weighted by Crippen LogP contribution is 2.54. The molecule has 9 heterocycles. The van der Waals surface area contributed by atoms with Crippen LogP contribution in [0.3, 0.4) is 0 Å². The van der Waals surface area contributed by atoms with E-state index in [4.69, 9.17) is 56.8 Å². The Labute approximate surface area is 429 Å². The Balaban J connectivity index is 1.29. The van der Waals surface area contributed by atoms with Crippen LogP contribution in [0.4, 0.5) is 0 Å². The fraction of sp³-hybridized carbons (Fsp3) is 0.586. The molecule has 0 saturated carbocycles. The van der Waals surface area contributed by atoms with Crippen LogP contribution in [0.1, 0.15) is 101 Å². The predicted molar refractivity (Wildman–Crippen MR) is 281 cm³/mol. The number of likely N-dealkylation sites (tertiary alicyclic amines) is 2. The first-order valence-corrected chi connectivity index (χ1v) is 26.3. The molecule has 2 saturated heterocycles. The number of hydrogen-bond donors (Lipinski definition) is 0. The van der Waals surface area contributed by atoms with Crippen molar-refractivity contribution in [1.82, 2.24) is 0 Å². The molecule has 0 unspecified atom stereocenters. The van der Waals surface area contributed by atoms with Crippen molar-refractivity contribution in [2.24, 2.45) is 0 Å². The zero-order chi connectivity index (χ0) is 51.5. The van der Waals surface area contributed by atoms with Gasteiger partial charge in [0.05, 0.1) is 136 Å². The van der Waals surface area contributed by atoms with Crippen molar-refractivity contribution < 1.29 is 65.8 Å². The van der Waals surface area contributed by atoms with Crippen LogP contribution in [0.5, 0.6) is 69.0 Å². The van der Waals surface area contributed by atoms with Gasteiger partial charge in [0.25, 0.3) is 0 Å². The summed E-state index contributed by atoms with van der Waals surface area (Å²) in [5, 5.41) is 0. The lowest BCUT2D eigenvalue weighted by molar-refractivity contribution is -0.930. The number of nitrogens with zero attached hydrogens (tertiary/aromatic N) is 2.